The molecule has 0 aromatic rings. The van der Waals surface area contributed by atoms with E-state index in [-0.39, 0.29) is 16.9 Å². The molecule has 5 unspecified atom stereocenters. The summed E-state index contributed by atoms with van der Waals surface area (Å²) in [6.07, 6.45) is 7.34. The summed E-state index contributed by atoms with van der Waals surface area (Å²) in [6.45, 7) is 13.5. The highest BCUT2D eigenvalue weighted by atomic mass is 16.3. The monoisotopic (exact) mass is 310 g/mol. The zero-order valence-corrected chi connectivity index (χ0v) is 15.7. The molecule has 2 aliphatic carbocycles. The zero-order valence-electron chi connectivity index (χ0n) is 15.7. The van der Waals surface area contributed by atoms with Crippen LogP contribution in [0.25, 0.3) is 0 Å². The summed E-state index contributed by atoms with van der Waals surface area (Å²) in [5, 5.41) is 21.2. The van der Waals surface area contributed by atoms with Crippen LogP contribution in [0.3, 0.4) is 0 Å². The van der Waals surface area contributed by atoms with Gasteiger partial charge in [0.15, 0.2) is 0 Å². The van der Waals surface area contributed by atoms with E-state index in [1.807, 2.05) is 6.92 Å². The number of fused-ring (bicyclic) bond motifs is 1. The van der Waals surface area contributed by atoms with Gasteiger partial charge in [0, 0.05) is 0 Å². The molecule has 0 saturated heterocycles. The summed E-state index contributed by atoms with van der Waals surface area (Å²) < 4.78 is 0. The Bertz CT molecular complexity index is 387. The molecule has 0 heterocycles. The number of hydrogen-bond acceptors (Lipinski definition) is 2. The smallest absolute Gasteiger partial charge is 0.0617 e. The van der Waals surface area contributed by atoms with Crippen molar-refractivity contribution in [2.45, 2.75) is 98.2 Å². The fourth-order valence-corrected chi connectivity index (χ4v) is 5.49. The summed E-state index contributed by atoms with van der Waals surface area (Å²) in [6, 6.07) is 0. The molecule has 6 atom stereocenters. The van der Waals surface area contributed by atoms with Crippen molar-refractivity contribution in [1.82, 2.24) is 0 Å². The van der Waals surface area contributed by atoms with Gasteiger partial charge >= 0.3 is 0 Å². The Morgan fingerprint density at radius 2 is 1.86 bits per heavy atom. The minimum absolute atomic E-state index is 0.143. The molecule has 130 valence electrons. The van der Waals surface area contributed by atoms with Gasteiger partial charge in [-0.15, -0.1) is 0 Å². The van der Waals surface area contributed by atoms with Gasteiger partial charge in [-0.25, -0.2) is 0 Å². The maximum atomic E-state index is 10.8. The normalized spacial score (nSPS) is 44.2. The van der Waals surface area contributed by atoms with Crippen LogP contribution in [0.15, 0.2) is 0 Å². The average Bonchev–Trinajstić information content (AvgIpc) is 2.42. The molecule has 2 nitrogen and oxygen atoms in total. The second-order valence-corrected chi connectivity index (χ2v) is 9.57. The first-order chi connectivity index (χ1) is 10.0. The largest absolute Gasteiger partial charge is 0.393 e. The molecule has 2 heteroatoms. The van der Waals surface area contributed by atoms with Gasteiger partial charge in [-0.2, -0.15) is 0 Å². The van der Waals surface area contributed by atoms with E-state index >= 15 is 0 Å². The van der Waals surface area contributed by atoms with Gasteiger partial charge in [-0.1, -0.05) is 41.0 Å². The zero-order chi connectivity index (χ0) is 16.8. The number of rotatable bonds is 4. The Balaban J connectivity index is 2.24. The van der Waals surface area contributed by atoms with Crippen molar-refractivity contribution in [3.63, 3.8) is 0 Å². The van der Waals surface area contributed by atoms with Crippen LogP contribution < -0.4 is 0 Å². The van der Waals surface area contributed by atoms with Gasteiger partial charge in [0.05, 0.1) is 11.7 Å². The minimum Gasteiger partial charge on any atom is -0.393 e. The van der Waals surface area contributed by atoms with E-state index in [9.17, 15) is 10.2 Å². The summed E-state index contributed by atoms with van der Waals surface area (Å²) >= 11 is 0. The molecule has 2 aliphatic rings. The first-order valence-corrected chi connectivity index (χ1v) is 9.44. The molecule has 0 aliphatic heterocycles. The average molecular weight is 311 g/mol. The third-order valence-corrected chi connectivity index (χ3v) is 7.62. The van der Waals surface area contributed by atoms with Gasteiger partial charge in [-0.3, -0.25) is 0 Å². The van der Waals surface area contributed by atoms with E-state index in [2.05, 4.69) is 34.6 Å². The fourth-order valence-electron chi connectivity index (χ4n) is 5.49. The maximum Gasteiger partial charge on any atom is 0.0617 e. The Kier molecular flexibility index (Phi) is 5.06. The molecule has 2 fully saturated rings. The third-order valence-electron chi connectivity index (χ3n) is 7.62. The van der Waals surface area contributed by atoms with Crippen molar-refractivity contribution in [1.29, 1.82) is 0 Å². The van der Waals surface area contributed by atoms with Crippen molar-refractivity contribution in [2.75, 3.05) is 0 Å². The molecule has 22 heavy (non-hydrogen) atoms. The van der Waals surface area contributed by atoms with Gasteiger partial charge in [-0.05, 0) is 74.0 Å². The first-order valence-electron chi connectivity index (χ1n) is 9.44. The highest BCUT2D eigenvalue weighted by Gasteiger charge is 2.55. The van der Waals surface area contributed by atoms with Crippen LogP contribution >= 0.6 is 0 Å². The molecule has 0 radical (unpaired) electrons. The molecule has 2 saturated carbocycles. The van der Waals surface area contributed by atoms with E-state index in [4.69, 9.17) is 0 Å². The van der Waals surface area contributed by atoms with Crippen molar-refractivity contribution >= 4 is 0 Å². The van der Waals surface area contributed by atoms with Crippen molar-refractivity contribution in [2.24, 2.45) is 28.6 Å². The predicted molar refractivity (Wildman–Crippen MR) is 92.7 cm³/mol. The number of hydrogen-bond donors (Lipinski definition) is 2. The van der Waals surface area contributed by atoms with Gasteiger partial charge < -0.3 is 10.2 Å². The summed E-state index contributed by atoms with van der Waals surface area (Å²) in [5.41, 5.74) is -0.0454. The number of aliphatic hydroxyl groups excluding tert-OH is 1. The molecule has 0 bridgehead atoms. The predicted octanol–water partition coefficient (Wildman–Crippen LogP) is 4.78. The topological polar surface area (TPSA) is 40.5 Å². The van der Waals surface area contributed by atoms with Gasteiger partial charge in [0.2, 0.25) is 0 Å². The summed E-state index contributed by atoms with van der Waals surface area (Å²) in [7, 11) is 0. The Morgan fingerprint density at radius 1 is 1.23 bits per heavy atom. The van der Waals surface area contributed by atoms with Crippen molar-refractivity contribution in [3.8, 4) is 0 Å². The molecule has 2 N–H and O–H groups in total. The Hall–Kier alpha value is -0.0800. The Morgan fingerprint density at radius 3 is 2.45 bits per heavy atom. The quantitative estimate of drug-likeness (QED) is 0.784. The molecular weight excluding hydrogens is 272 g/mol. The fraction of sp³-hybridized carbons (Fsp3) is 1.00. The van der Waals surface area contributed by atoms with Crippen LogP contribution in [-0.4, -0.2) is 21.9 Å². The van der Waals surface area contributed by atoms with Crippen LogP contribution in [0.2, 0.25) is 0 Å². The van der Waals surface area contributed by atoms with E-state index < -0.39 is 5.60 Å². The highest BCUT2D eigenvalue weighted by Crippen LogP contribution is 2.60. The van der Waals surface area contributed by atoms with Crippen molar-refractivity contribution in [3.05, 3.63) is 0 Å². The van der Waals surface area contributed by atoms with E-state index in [0.717, 1.165) is 25.7 Å². The van der Waals surface area contributed by atoms with Crippen LogP contribution in [0.4, 0.5) is 0 Å². The highest BCUT2D eigenvalue weighted by molar-refractivity contribution is 5.04. The molecular formula is C20H38O2. The lowest BCUT2D eigenvalue weighted by atomic mass is 9.47. The van der Waals surface area contributed by atoms with Crippen molar-refractivity contribution < 1.29 is 10.2 Å². The van der Waals surface area contributed by atoms with Crippen LogP contribution in [0.5, 0.6) is 0 Å². The minimum atomic E-state index is -0.543. The lowest BCUT2D eigenvalue weighted by Gasteiger charge is -2.59. The SMILES string of the molecule is CCC(C)(O)CC[C@]1(C)C(C)CC(O)C2C1CCCC2(C)C. The lowest BCUT2D eigenvalue weighted by molar-refractivity contribution is -0.147. The van der Waals surface area contributed by atoms with Crippen LogP contribution in [0, 0.1) is 28.6 Å². The molecule has 0 aromatic heterocycles. The maximum absolute atomic E-state index is 10.8. The first kappa shape index (κ1) is 18.3. The molecule has 0 amide bonds. The van der Waals surface area contributed by atoms with Gasteiger partial charge in [0.1, 0.15) is 0 Å². The van der Waals surface area contributed by atoms with Crippen LogP contribution in [-0.2, 0) is 0 Å². The summed E-state index contributed by atoms with van der Waals surface area (Å²) in [5.74, 6) is 1.56. The second kappa shape index (κ2) is 6.09. The standard InChI is InChI=1S/C20H38O2/c1-7-19(5,22)11-12-20(6)14(2)13-16(21)17-15(20)9-8-10-18(17,3)4/h14-17,21-22H,7-13H2,1-6H3/t14?,15?,16?,17?,19?,20-/m1/s1. The third kappa shape index (κ3) is 3.24. The van der Waals surface area contributed by atoms with E-state index in [0.29, 0.717) is 17.8 Å². The van der Waals surface area contributed by atoms with E-state index in [1.165, 1.54) is 19.3 Å². The van der Waals surface area contributed by atoms with Gasteiger partial charge in [0.25, 0.3) is 0 Å². The Labute approximate surface area is 137 Å². The number of aliphatic hydroxyl groups is 2. The molecule has 2 rings (SSSR count). The van der Waals surface area contributed by atoms with Crippen LogP contribution in [0.1, 0.15) is 86.5 Å². The molecule has 0 aromatic carbocycles. The lowest BCUT2D eigenvalue weighted by Crippen LogP contribution is -2.55. The van der Waals surface area contributed by atoms with E-state index in [1.54, 1.807) is 0 Å². The summed E-state index contributed by atoms with van der Waals surface area (Å²) in [4.78, 5) is 0. The second-order valence-electron chi connectivity index (χ2n) is 9.57. The molecule has 0 spiro atoms.